The van der Waals surface area contributed by atoms with Gasteiger partial charge in [-0.3, -0.25) is 4.98 Å². The molecule has 0 fully saturated rings. The van der Waals surface area contributed by atoms with Crippen LogP contribution in [-0.4, -0.2) is 11.5 Å². The van der Waals surface area contributed by atoms with Crippen molar-refractivity contribution in [1.82, 2.24) is 10.3 Å². The molecule has 2 nitrogen and oxygen atoms in total. The maximum atomic E-state index is 4.89. The molecule has 0 aliphatic rings. The summed E-state index contributed by atoms with van der Waals surface area (Å²) < 4.78 is 0. The third-order valence-electron chi connectivity index (χ3n) is 4.34. The summed E-state index contributed by atoms with van der Waals surface area (Å²) in [6.45, 7) is 7.85. The van der Waals surface area contributed by atoms with Crippen LogP contribution < -0.4 is 5.32 Å². The average Bonchev–Trinajstić information content (AvgIpc) is 2.55. The van der Waals surface area contributed by atoms with Gasteiger partial charge in [0.15, 0.2) is 0 Å². The molecular formula is C19H28N2. The van der Waals surface area contributed by atoms with Crippen molar-refractivity contribution in [2.45, 2.75) is 52.5 Å². The number of hydrogen-bond donors (Lipinski definition) is 1. The van der Waals surface area contributed by atoms with Gasteiger partial charge >= 0.3 is 0 Å². The zero-order chi connectivity index (χ0) is 15.1. The van der Waals surface area contributed by atoms with Crippen LogP contribution in [0.25, 0.3) is 10.9 Å². The lowest BCUT2D eigenvalue weighted by atomic mass is 9.92. The molecule has 0 radical (unpaired) electrons. The van der Waals surface area contributed by atoms with Crippen LogP contribution in [0.4, 0.5) is 0 Å². The van der Waals surface area contributed by atoms with Crippen molar-refractivity contribution >= 4 is 10.9 Å². The van der Waals surface area contributed by atoms with E-state index >= 15 is 0 Å². The highest BCUT2D eigenvalue weighted by Crippen LogP contribution is 2.25. The average molecular weight is 284 g/mol. The van der Waals surface area contributed by atoms with Crippen LogP contribution in [-0.2, 0) is 0 Å². The van der Waals surface area contributed by atoms with E-state index in [0.29, 0.717) is 6.04 Å². The Bertz CT molecular complexity index is 546. The third kappa shape index (κ3) is 4.28. The summed E-state index contributed by atoms with van der Waals surface area (Å²) in [5.41, 5.74) is 2.29. The van der Waals surface area contributed by atoms with E-state index in [9.17, 15) is 0 Å². The van der Waals surface area contributed by atoms with Crippen molar-refractivity contribution in [3.05, 3.63) is 42.1 Å². The summed E-state index contributed by atoms with van der Waals surface area (Å²) in [4.78, 5) is 4.89. The highest BCUT2D eigenvalue weighted by molar-refractivity contribution is 5.78. The number of hydrogen-bond acceptors (Lipinski definition) is 2. The van der Waals surface area contributed by atoms with Crippen molar-refractivity contribution in [2.24, 2.45) is 5.92 Å². The zero-order valence-corrected chi connectivity index (χ0v) is 13.6. The Morgan fingerprint density at radius 1 is 1.00 bits per heavy atom. The lowest BCUT2D eigenvalue weighted by molar-refractivity contribution is 0.367. The van der Waals surface area contributed by atoms with E-state index in [4.69, 9.17) is 4.98 Å². The number of pyridine rings is 1. The Balaban J connectivity index is 2.24. The first-order valence-corrected chi connectivity index (χ1v) is 8.37. The fourth-order valence-electron chi connectivity index (χ4n) is 2.86. The zero-order valence-electron chi connectivity index (χ0n) is 13.6. The second kappa shape index (κ2) is 8.14. The van der Waals surface area contributed by atoms with Crippen molar-refractivity contribution < 1.29 is 0 Å². The first kappa shape index (κ1) is 16.0. The van der Waals surface area contributed by atoms with Gasteiger partial charge in [0, 0.05) is 11.4 Å². The van der Waals surface area contributed by atoms with Crippen molar-refractivity contribution in [3.8, 4) is 0 Å². The Kier molecular flexibility index (Phi) is 6.19. The summed E-state index contributed by atoms with van der Waals surface area (Å²) in [5.74, 6) is 0.771. The first-order chi connectivity index (χ1) is 10.3. The molecule has 1 heterocycles. The van der Waals surface area contributed by atoms with E-state index in [1.165, 1.54) is 30.3 Å². The molecule has 2 heteroatoms. The predicted octanol–water partition coefficient (Wildman–Crippen LogP) is 5.10. The molecule has 0 saturated heterocycles. The minimum absolute atomic E-state index is 0.374. The molecule has 1 atom stereocenters. The Hall–Kier alpha value is -1.41. The van der Waals surface area contributed by atoms with Gasteiger partial charge in [-0.15, -0.1) is 0 Å². The maximum absolute atomic E-state index is 4.89. The second-order valence-corrected chi connectivity index (χ2v) is 5.85. The van der Waals surface area contributed by atoms with E-state index < -0.39 is 0 Å². The molecule has 2 aromatic rings. The molecule has 0 aliphatic carbocycles. The third-order valence-corrected chi connectivity index (χ3v) is 4.34. The van der Waals surface area contributed by atoms with Crippen LogP contribution in [0.1, 0.15) is 58.2 Å². The number of nitrogens with one attached hydrogen (secondary N) is 1. The van der Waals surface area contributed by atoms with E-state index in [2.05, 4.69) is 62.5 Å². The van der Waals surface area contributed by atoms with E-state index in [1.807, 2.05) is 0 Å². The van der Waals surface area contributed by atoms with E-state index in [1.54, 1.807) is 0 Å². The molecule has 1 aromatic heterocycles. The van der Waals surface area contributed by atoms with Crippen LogP contribution in [0.15, 0.2) is 36.4 Å². The minimum Gasteiger partial charge on any atom is -0.309 e. The van der Waals surface area contributed by atoms with Gasteiger partial charge in [0.05, 0.1) is 11.2 Å². The quantitative estimate of drug-likeness (QED) is 0.729. The summed E-state index contributed by atoms with van der Waals surface area (Å²) in [6, 6.07) is 13.1. The van der Waals surface area contributed by atoms with Gasteiger partial charge in [-0.1, -0.05) is 57.9 Å². The monoisotopic (exact) mass is 284 g/mol. The van der Waals surface area contributed by atoms with Gasteiger partial charge in [-0.25, -0.2) is 0 Å². The van der Waals surface area contributed by atoms with Crippen LogP contribution in [0, 0.1) is 5.92 Å². The largest absolute Gasteiger partial charge is 0.309 e. The molecule has 1 unspecified atom stereocenters. The number of rotatable bonds is 8. The van der Waals surface area contributed by atoms with E-state index in [0.717, 1.165) is 24.4 Å². The highest BCUT2D eigenvalue weighted by atomic mass is 14.9. The Morgan fingerprint density at radius 3 is 2.48 bits per heavy atom. The van der Waals surface area contributed by atoms with Crippen molar-refractivity contribution in [1.29, 1.82) is 0 Å². The van der Waals surface area contributed by atoms with Gasteiger partial charge in [-0.2, -0.15) is 0 Å². The van der Waals surface area contributed by atoms with Crippen LogP contribution in [0.5, 0.6) is 0 Å². The molecule has 0 aliphatic heterocycles. The SMILES string of the molecule is CCCNC(CC(CC)CC)c1ccc2ccccc2n1. The number of para-hydroxylation sites is 1. The van der Waals surface area contributed by atoms with Crippen molar-refractivity contribution in [2.75, 3.05) is 6.54 Å². The van der Waals surface area contributed by atoms with Gasteiger partial charge in [0.2, 0.25) is 0 Å². The lowest BCUT2D eigenvalue weighted by Crippen LogP contribution is -2.25. The standard InChI is InChI=1S/C19H28N2/c1-4-13-20-19(14-15(5-2)6-3)18-12-11-16-9-7-8-10-17(16)21-18/h7-12,15,19-20H,4-6,13-14H2,1-3H3. The van der Waals surface area contributed by atoms with Gasteiger partial charge in [0.25, 0.3) is 0 Å². The molecule has 0 bridgehead atoms. The molecular weight excluding hydrogens is 256 g/mol. The van der Waals surface area contributed by atoms with Gasteiger partial charge in [0.1, 0.15) is 0 Å². The summed E-state index contributed by atoms with van der Waals surface area (Å²) in [6.07, 6.45) is 4.83. The minimum atomic E-state index is 0.374. The number of nitrogens with zero attached hydrogens (tertiary/aromatic N) is 1. The normalized spacial score (nSPS) is 13.0. The molecule has 0 saturated carbocycles. The summed E-state index contributed by atoms with van der Waals surface area (Å²) in [5, 5.41) is 4.91. The van der Waals surface area contributed by atoms with Crippen LogP contribution >= 0.6 is 0 Å². The molecule has 21 heavy (non-hydrogen) atoms. The Labute approximate surface area is 129 Å². The highest BCUT2D eigenvalue weighted by Gasteiger charge is 2.17. The molecule has 0 amide bonds. The summed E-state index contributed by atoms with van der Waals surface area (Å²) in [7, 11) is 0. The molecule has 1 aromatic carbocycles. The Morgan fingerprint density at radius 2 is 1.76 bits per heavy atom. The second-order valence-electron chi connectivity index (χ2n) is 5.85. The smallest absolute Gasteiger partial charge is 0.0706 e. The van der Waals surface area contributed by atoms with E-state index in [-0.39, 0.29) is 0 Å². The van der Waals surface area contributed by atoms with Gasteiger partial charge in [-0.05, 0) is 37.4 Å². The predicted molar refractivity (Wildman–Crippen MR) is 91.5 cm³/mol. The number of fused-ring (bicyclic) bond motifs is 1. The number of benzene rings is 1. The lowest BCUT2D eigenvalue weighted by Gasteiger charge is -2.23. The van der Waals surface area contributed by atoms with Crippen molar-refractivity contribution in [3.63, 3.8) is 0 Å². The maximum Gasteiger partial charge on any atom is 0.0706 e. The summed E-state index contributed by atoms with van der Waals surface area (Å²) >= 11 is 0. The van der Waals surface area contributed by atoms with Gasteiger partial charge < -0.3 is 5.32 Å². The fraction of sp³-hybridized carbons (Fsp3) is 0.526. The van der Waals surface area contributed by atoms with Crippen LogP contribution in [0.3, 0.4) is 0 Å². The molecule has 114 valence electrons. The van der Waals surface area contributed by atoms with Crippen LogP contribution in [0.2, 0.25) is 0 Å². The molecule has 0 spiro atoms. The molecule has 1 N–H and O–H groups in total. The topological polar surface area (TPSA) is 24.9 Å². The molecule has 2 rings (SSSR count). The first-order valence-electron chi connectivity index (χ1n) is 8.37. The fourth-order valence-corrected chi connectivity index (χ4v) is 2.86. The number of aromatic nitrogens is 1.